The van der Waals surface area contributed by atoms with Crippen LogP contribution in [0.15, 0.2) is 18.2 Å². The summed E-state index contributed by atoms with van der Waals surface area (Å²) in [5.41, 5.74) is 5.85. The highest BCUT2D eigenvalue weighted by atomic mass is 35.5. The summed E-state index contributed by atoms with van der Waals surface area (Å²) in [7, 11) is 0. The van der Waals surface area contributed by atoms with Gasteiger partial charge in [-0.05, 0) is 25.1 Å². The maximum atomic E-state index is 11.5. The average Bonchev–Trinajstić information content (AvgIpc) is 2.33. The van der Waals surface area contributed by atoms with Crippen LogP contribution in [0.5, 0.6) is 5.75 Å². The van der Waals surface area contributed by atoms with E-state index in [0.29, 0.717) is 36.2 Å². The molecule has 0 unspecified atom stereocenters. The van der Waals surface area contributed by atoms with Crippen molar-refractivity contribution < 1.29 is 14.3 Å². The molecule has 0 radical (unpaired) electrons. The van der Waals surface area contributed by atoms with Crippen LogP contribution in [0.1, 0.15) is 6.92 Å². The number of hydrogen-bond acceptors (Lipinski definition) is 4. The molecule has 0 aliphatic heterocycles. The van der Waals surface area contributed by atoms with E-state index in [1.54, 1.807) is 18.2 Å². The Morgan fingerprint density at radius 2 is 2.28 bits per heavy atom. The van der Waals surface area contributed by atoms with E-state index in [2.05, 4.69) is 5.32 Å². The molecule has 0 aliphatic rings. The Morgan fingerprint density at radius 3 is 2.89 bits per heavy atom. The number of carbonyl (C=O) groups excluding carboxylic acids is 1. The first-order valence-electron chi connectivity index (χ1n) is 5.67. The minimum atomic E-state index is -0.247. The van der Waals surface area contributed by atoms with E-state index < -0.39 is 0 Å². The van der Waals surface area contributed by atoms with Crippen molar-refractivity contribution in [3.8, 4) is 5.75 Å². The van der Waals surface area contributed by atoms with E-state index in [4.69, 9.17) is 26.8 Å². The van der Waals surface area contributed by atoms with Crippen molar-refractivity contribution in [2.45, 2.75) is 6.92 Å². The number of ether oxygens (including phenoxy) is 2. The first kappa shape index (κ1) is 14.8. The third-order valence-corrected chi connectivity index (χ3v) is 2.31. The molecule has 0 bridgehead atoms. The highest BCUT2D eigenvalue weighted by molar-refractivity contribution is 6.32. The van der Waals surface area contributed by atoms with Gasteiger partial charge < -0.3 is 20.5 Å². The third-order valence-electron chi connectivity index (χ3n) is 2.01. The molecular formula is C12H17ClN2O3. The summed E-state index contributed by atoms with van der Waals surface area (Å²) in [6.07, 6.45) is 0. The van der Waals surface area contributed by atoms with Crippen molar-refractivity contribution in [3.63, 3.8) is 0 Å². The van der Waals surface area contributed by atoms with Crippen LogP contribution < -0.4 is 15.8 Å². The van der Waals surface area contributed by atoms with Crippen LogP contribution in [0.3, 0.4) is 0 Å². The predicted octanol–water partition coefficient (Wildman–Crippen LogP) is 1.65. The second-order valence-corrected chi connectivity index (χ2v) is 3.87. The van der Waals surface area contributed by atoms with Gasteiger partial charge in [-0.3, -0.25) is 4.79 Å². The summed E-state index contributed by atoms with van der Waals surface area (Å²) < 4.78 is 10.3. The average molecular weight is 273 g/mol. The highest BCUT2D eigenvalue weighted by Gasteiger charge is 2.06. The van der Waals surface area contributed by atoms with Crippen LogP contribution >= 0.6 is 11.6 Å². The molecule has 0 spiro atoms. The fourth-order valence-corrected chi connectivity index (χ4v) is 1.53. The molecule has 6 heteroatoms. The molecule has 0 saturated carbocycles. The molecule has 18 heavy (non-hydrogen) atoms. The second-order valence-electron chi connectivity index (χ2n) is 3.47. The Kier molecular flexibility index (Phi) is 6.49. The van der Waals surface area contributed by atoms with Crippen LogP contribution in [0.2, 0.25) is 5.02 Å². The number of anilines is 1. The number of nitrogens with two attached hydrogens (primary N) is 1. The molecule has 1 aromatic rings. The predicted molar refractivity (Wildman–Crippen MR) is 71.1 cm³/mol. The number of amides is 1. The van der Waals surface area contributed by atoms with Gasteiger partial charge in [0.05, 0.1) is 18.2 Å². The van der Waals surface area contributed by atoms with Gasteiger partial charge in [0.1, 0.15) is 12.4 Å². The molecular weight excluding hydrogens is 256 g/mol. The van der Waals surface area contributed by atoms with Gasteiger partial charge in [0.25, 0.3) is 0 Å². The Balaban J connectivity index is 2.52. The van der Waals surface area contributed by atoms with Crippen molar-refractivity contribution in [1.82, 2.24) is 0 Å². The smallest absolute Gasteiger partial charge is 0.250 e. The van der Waals surface area contributed by atoms with Crippen LogP contribution in [-0.4, -0.2) is 32.3 Å². The number of halogens is 1. The minimum Gasteiger partial charge on any atom is -0.492 e. The van der Waals surface area contributed by atoms with E-state index in [9.17, 15) is 4.79 Å². The van der Waals surface area contributed by atoms with E-state index in [1.807, 2.05) is 6.92 Å². The summed E-state index contributed by atoms with van der Waals surface area (Å²) >= 11 is 5.99. The van der Waals surface area contributed by atoms with Crippen LogP contribution in [-0.2, 0) is 9.53 Å². The van der Waals surface area contributed by atoms with E-state index in [-0.39, 0.29) is 12.5 Å². The molecule has 1 rings (SSSR count). The van der Waals surface area contributed by atoms with Gasteiger partial charge in [0.15, 0.2) is 0 Å². The Bertz CT molecular complexity index is 399. The van der Waals surface area contributed by atoms with Crippen molar-refractivity contribution in [1.29, 1.82) is 0 Å². The molecule has 0 saturated heterocycles. The second kappa shape index (κ2) is 7.92. The molecule has 100 valence electrons. The van der Waals surface area contributed by atoms with Gasteiger partial charge in [-0.1, -0.05) is 11.6 Å². The zero-order valence-electron chi connectivity index (χ0n) is 10.2. The lowest BCUT2D eigenvalue weighted by Gasteiger charge is -2.09. The highest BCUT2D eigenvalue weighted by Crippen LogP contribution is 2.27. The fraction of sp³-hybridized carbons (Fsp3) is 0.417. The molecule has 5 nitrogen and oxygen atoms in total. The van der Waals surface area contributed by atoms with Gasteiger partial charge in [0, 0.05) is 12.2 Å². The fourth-order valence-electron chi connectivity index (χ4n) is 1.30. The number of rotatable bonds is 7. The number of nitrogens with one attached hydrogen (secondary N) is 1. The standard InChI is InChI=1S/C12H17ClN2O3/c1-2-18-11-4-3-9(7-10(11)13)15-12(16)8-17-6-5-14/h3-4,7H,2,5-6,8,14H2,1H3,(H,15,16). The SMILES string of the molecule is CCOc1ccc(NC(=O)COCCN)cc1Cl. The van der Waals surface area contributed by atoms with Gasteiger partial charge in [-0.25, -0.2) is 0 Å². The zero-order valence-corrected chi connectivity index (χ0v) is 11.0. The number of hydrogen-bond donors (Lipinski definition) is 2. The number of carbonyl (C=O) groups is 1. The lowest BCUT2D eigenvalue weighted by atomic mass is 10.3. The summed E-state index contributed by atoms with van der Waals surface area (Å²) in [6, 6.07) is 5.06. The topological polar surface area (TPSA) is 73.6 Å². The quantitative estimate of drug-likeness (QED) is 0.740. The molecule has 0 fully saturated rings. The van der Waals surface area contributed by atoms with Crippen LogP contribution in [0.4, 0.5) is 5.69 Å². The Hall–Kier alpha value is -1.30. The zero-order chi connectivity index (χ0) is 13.4. The van der Waals surface area contributed by atoms with Crippen molar-refractivity contribution in [2.24, 2.45) is 5.73 Å². The summed E-state index contributed by atoms with van der Waals surface area (Å²) in [6.45, 7) is 3.14. The van der Waals surface area contributed by atoms with Crippen molar-refractivity contribution >= 4 is 23.2 Å². The van der Waals surface area contributed by atoms with Crippen LogP contribution in [0.25, 0.3) is 0 Å². The number of benzene rings is 1. The molecule has 0 aliphatic carbocycles. The summed E-state index contributed by atoms with van der Waals surface area (Å²) in [4.78, 5) is 11.5. The Labute approximate surface area is 111 Å². The van der Waals surface area contributed by atoms with Crippen molar-refractivity contribution in [2.75, 3.05) is 31.7 Å². The minimum absolute atomic E-state index is 0.0258. The normalized spacial score (nSPS) is 10.2. The van der Waals surface area contributed by atoms with E-state index in [1.165, 1.54) is 0 Å². The largest absolute Gasteiger partial charge is 0.492 e. The van der Waals surface area contributed by atoms with Crippen molar-refractivity contribution in [3.05, 3.63) is 23.2 Å². The molecule has 0 atom stereocenters. The Morgan fingerprint density at radius 1 is 1.50 bits per heavy atom. The first-order chi connectivity index (χ1) is 8.67. The van der Waals surface area contributed by atoms with E-state index in [0.717, 1.165) is 0 Å². The van der Waals surface area contributed by atoms with Crippen LogP contribution in [0, 0.1) is 0 Å². The monoisotopic (exact) mass is 272 g/mol. The van der Waals surface area contributed by atoms with Gasteiger partial charge in [0.2, 0.25) is 5.91 Å². The molecule has 0 heterocycles. The molecule has 1 amide bonds. The van der Waals surface area contributed by atoms with Gasteiger partial charge in [-0.15, -0.1) is 0 Å². The maximum absolute atomic E-state index is 11.5. The van der Waals surface area contributed by atoms with Gasteiger partial charge in [-0.2, -0.15) is 0 Å². The third kappa shape index (κ3) is 4.91. The first-order valence-corrected chi connectivity index (χ1v) is 6.05. The summed E-state index contributed by atoms with van der Waals surface area (Å²) in [5.74, 6) is 0.347. The lowest BCUT2D eigenvalue weighted by Crippen LogP contribution is -2.20. The summed E-state index contributed by atoms with van der Waals surface area (Å²) in [5, 5.41) is 3.12. The lowest BCUT2D eigenvalue weighted by molar-refractivity contribution is -0.120. The maximum Gasteiger partial charge on any atom is 0.250 e. The van der Waals surface area contributed by atoms with Gasteiger partial charge >= 0.3 is 0 Å². The molecule has 0 aromatic heterocycles. The van der Waals surface area contributed by atoms with E-state index >= 15 is 0 Å². The molecule has 3 N–H and O–H groups in total. The molecule has 1 aromatic carbocycles.